The van der Waals surface area contributed by atoms with Crippen LogP contribution in [0.25, 0.3) is 0 Å². The van der Waals surface area contributed by atoms with E-state index in [1.54, 1.807) is 12.3 Å². The lowest BCUT2D eigenvalue weighted by Crippen LogP contribution is -2.53. The van der Waals surface area contributed by atoms with Gasteiger partial charge in [0, 0.05) is 58.7 Å². The van der Waals surface area contributed by atoms with Crippen LogP contribution in [0.4, 0.5) is 5.82 Å². The second-order valence-electron chi connectivity index (χ2n) is 6.62. The standard InChI is InChI=1S/C18H24N6O/c1-14-12-23(13-15-5-4-8-19-11-15)9-10-24(14)18(25)16-6-7-17(21-20-16)22(2)3/h4-8,11,14H,9-10,12-13H2,1-3H3. The second-order valence-corrected chi connectivity index (χ2v) is 6.62. The minimum absolute atomic E-state index is 0.0497. The Balaban J connectivity index is 1.61. The normalized spacial score (nSPS) is 18.2. The van der Waals surface area contributed by atoms with E-state index >= 15 is 0 Å². The van der Waals surface area contributed by atoms with Crippen molar-refractivity contribution in [3.05, 3.63) is 47.9 Å². The van der Waals surface area contributed by atoms with Gasteiger partial charge in [0.2, 0.25) is 0 Å². The van der Waals surface area contributed by atoms with Crippen molar-refractivity contribution in [1.82, 2.24) is 25.0 Å². The maximum absolute atomic E-state index is 12.7. The van der Waals surface area contributed by atoms with Gasteiger partial charge in [-0.2, -0.15) is 0 Å². The third-order valence-electron chi connectivity index (χ3n) is 4.43. The smallest absolute Gasteiger partial charge is 0.274 e. The molecule has 0 N–H and O–H groups in total. The summed E-state index contributed by atoms with van der Waals surface area (Å²) in [6.45, 7) is 5.31. The molecule has 1 unspecified atom stereocenters. The van der Waals surface area contributed by atoms with Crippen molar-refractivity contribution in [3.63, 3.8) is 0 Å². The lowest BCUT2D eigenvalue weighted by molar-refractivity contribution is 0.0469. The van der Waals surface area contributed by atoms with E-state index in [1.165, 1.54) is 5.56 Å². The molecule has 132 valence electrons. The van der Waals surface area contributed by atoms with Crippen molar-refractivity contribution in [3.8, 4) is 0 Å². The van der Waals surface area contributed by atoms with Gasteiger partial charge in [0.15, 0.2) is 11.5 Å². The van der Waals surface area contributed by atoms with Crippen LogP contribution >= 0.6 is 0 Å². The number of amides is 1. The number of aromatic nitrogens is 3. The highest BCUT2D eigenvalue weighted by Crippen LogP contribution is 2.16. The number of carbonyl (C=O) groups is 1. The molecule has 0 radical (unpaired) electrons. The van der Waals surface area contributed by atoms with E-state index in [0.29, 0.717) is 12.2 Å². The van der Waals surface area contributed by atoms with E-state index in [2.05, 4.69) is 33.1 Å². The zero-order valence-corrected chi connectivity index (χ0v) is 15.0. The summed E-state index contributed by atoms with van der Waals surface area (Å²) in [6, 6.07) is 7.74. The molecule has 1 fully saturated rings. The average molecular weight is 340 g/mol. The van der Waals surface area contributed by atoms with Crippen molar-refractivity contribution >= 4 is 11.7 Å². The fraction of sp³-hybridized carbons (Fsp3) is 0.444. The van der Waals surface area contributed by atoms with Gasteiger partial charge in [0.1, 0.15) is 0 Å². The second kappa shape index (κ2) is 7.57. The van der Waals surface area contributed by atoms with E-state index in [1.807, 2.05) is 42.2 Å². The topological polar surface area (TPSA) is 65.5 Å². The average Bonchev–Trinajstić information content (AvgIpc) is 2.62. The van der Waals surface area contributed by atoms with Crippen LogP contribution in [-0.4, -0.2) is 70.7 Å². The molecule has 1 saturated heterocycles. The first-order chi connectivity index (χ1) is 12.0. The zero-order chi connectivity index (χ0) is 17.8. The highest BCUT2D eigenvalue weighted by Gasteiger charge is 2.29. The molecule has 0 aliphatic carbocycles. The Kier molecular flexibility index (Phi) is 5.23. The van der Waals surface area contributed by atoms with Gasteiger partial charge < -0.3 is 9.80 Å². The van der Waals surface area contributed by atoms with E-state index < -0.39 is 0 Å². The van der Waals surface area contributed by atoms with Gasteiger partial charge in [-0.3, -0.25) is 14.7 Å². The van der Waals surface area contributed by atoms with Crippen LogP contribution in [0, 0.1) is 0 Å². The minimum Gasteiger partial charge on any atom is -0.361 e. The maximum Gasteiger partial charge on any atom is 0.274 e. The quantitative estimate of drug-likeness (QED) is 0.835. The highest BCUT2D eigenvalue weighted by atomic mass is 16.2. The predicted octanol–water partition coefficient (Wildman–Crippen LogP) is 1.28. The molecule has 0 spiro atoms. The summed E-state index contributed by atoms with van der Waals surface area (Å²) in [4.78, 5) is 23.0. The van der Waals surface area contributed by atoms with Gasteiger partial charge in [0.25, 0.3) is 5.91 Å². The largest absolute Gasteiger partial charge is 0.361 e. The molecule has 2 aromatic rings. The molecule has 0 saturated carbocycles. The highest BCUT2D eigenvalue weighted by molar-refractivity contribution is 5.92. The molecule has 25 heavy (non-hydrogen) atoms. The molecule has 7 heteroatoms. The first kappa shape index (κ1) is 17.3. The van der Waals surface area contributed by atoms with E-state index in [-0.39, 0.29) is 11.9 Å². The van der Waals surface area contributed by atoms with Gasteiger partial charge in [-0.15, -0.1) is 10.2 Å². The van der Waals surface area contributed by atoms with Crippen LogP contribution < -0.4 is 4.90 Å². The molecular formula is C18H24N6O. The van der Waals surface area contributed by atoms with Crippen LogP contribution in [0.15, 0.2) is 36.7 Å². The van der Waals surface area contributed by atoms with Crippen molar-refractivity contribution in [2.75, 3.05) is 38.6 Å². The van der Waals surface area contributed by atoms with E-state index in [0.717, 1.165) is 25.5 Å². The fourth-order valence-corrected chi connectivity index (χ4v) is 3.05. The van der Waals surface area contributed by atoms with Gasteiger partial charge in [0.05, 0.1) is 0 Å². The third kappa shape index (κ3) is 4.11. The lowest BCUT2D eigenvalue weighted by Gasteiger charge is -2.39. The summed E-state index contributed by atoms with van der Waals surface area (Å²) in [5.41, 5.74) is 1.60. The number of pyridine rings is 1. The van der Waals surface area contributed by atoms with Gasteiger partial charge in [-0.05, 0) is 30.7 Å². The first-order valence-corrected chi connectivity index (χ1v) is 8.48. The predicted molar refractivity (Wildman–Crippen MR) is 96.4 cm³/mol. The molecule has 3 heterocycles. The maximum atomic E-state index is 12.7. The summed E-state index contributed by atoms with van der Waals surface area (Å²) < 4.78 is 0. The molecule has 1 aliphatic rings. The SMILES string of the molecule is CC1CN(Cc2cccnc2)CCN1C(=O)c1ccc(N(C)C)nn1. The van der Waals surface area contributed by atoms with Crippen LogP contribution in [0.3, 0.4) is 0 Å². The molecule has 0 bridgehead atoms. The number of hydrogen-bond acceptors (Lipinski definition) is 6. The molecule has 3 rings (SSSR count). The van der Waals surface area contributed by atoms with Crippen LogP contribution in [0.1, 0.15) is 23.0 Å². The third-order valence-corrected chi connectivity index (χ3v) is 4.43. The van der Waals surface area contributed by atoms with Gasteiger partial charge in [-0.25, -0.2) is 0 Å². The summed E-state index contributed by atoms with van der Waals surface area (Å²) in [5, 5.41) is 8.19. The molecular weight excluding hydrogens is 316 g/mol. The molecule has 1 amide bonds. The summed E-state index contributed by atoms with van der Waals surface area (Å²) in [7, 11) is 3.80. The molecule has 0 aromatic carbocycles. The Hall–Kier alpha value is -2.54. The van der Waals surface area contributed by atoms with Crippen LogP contribution in [-0.2, 0) is 6.54 Å². The minimum atomic E-state index is -0.0497. The number of rotatable bonds is 4. The number of piperazine rings is 1. The number of carbonyl (C=O) groups excluding carboxylic acids is 1. The number of hydrogen-bond donors (Lipinski definition) is 0. The van der Waals surface area contributed by atoms with Crippen molar-refractivity contribution in [2.24, 2.45) is 0 Å². The Bertz CT molecular complexity index is 703. The Morgan fingerprint density at radius 1 is 1.24 bits per heavy atom. The van der Waals surface area contributed by atoms with Crippen LogP contribution in [0.2, 0.25) is 0 Å². The molecule has 1 aliphatic heterocycles. The van der Waals surface area contributed by atoms with Gasteiger partial charge in [-0.1, -0.05) is 6.07 Å². The Morgan fingerprint density at radius 2 is 2.08 bits per heavy atom. The van der Waals surface area contributed by atoms with E-state index in [4.69, 9.17) is 0 Å². The summed E-state index contributed by atoms with van der Waals surface area (Å²) >= 11 is 0. The Morgan fingerprint density at radius 3 is 2.68 bits per heavy atom. The van der Waals surface area contributed by atoms with Crippen molar-refractivity contribution in [1.29, 1.82) is 0 Å². The van der Waals surface area contributed by atoms with Crippen LogP contribution in [0.5, 0.6) is 0 Å². The number of nitrogens with zero attached hydrogens (tertiary/aromatic N) is 6. The molecule has 1 atom stereocenters. The summed E-state index contributed by atoms with van der Waals surface area (Å²) in [5.74, 6) is 0.692. The molecule has 7 nitrogen and oxygen atoms in total. The summed E-state index contributed by atoms with van der Waals surface area (Å²) in [6.07, 6.45) is 3.68. The van der Waals surface area contributed by atoms with E-state index in [9.17, 15) is 4.79 Å². The first-order valence-electron chi connectivity index (χ1n) is 8.48. The Labute approximate surface area is 148 Å². The number of anilines is 1. The van der Waals surface area contributed by atoms with Crippen molar-refractivity contribution < 1.29 is 4.79 Å². The zero-order valence-electron chi connectivity index (χ0n) is 15.0. The monoisotopic (exact) mass is 340 g/mol. The lowest BCUT2D eigenvalue weighted by atomic mass is 10.1. The fourth-order valence-electron chi connectivity index (χ4n) is 3.05. The van der Waals surface area contributed by atoms with Crippen molar-refractivity contribution in [2.45, 2.75) is 19.5 Å². The molecule has 2 aromatic heterocycles. The van der Waals surface area contributed by atoms with Gasteiger partial charge >= 0.3 is 0 Å².